The molecule has 0 saturated carbocycles. The summed E-state index contributed by atoms with van der Waals surface area (Å²) in [7, 11) is 0. The highest BCUT2D eigenvalue weighted by Gasteiger charge is 2.27. The van der Waals surface area contributed by atoms with Gasteiger partial charge in [0.15, 0.2) is 6.10 Å². The van der Waals surface area contributed by atoms with E-state index in [0.29, 0.717) is 0 Å². The number of aromatic amines is 1. The minimum absolute atomic E-state index is 0.0231. The van der Waals surface area contributed by atoms with E-state index in [1.54, 1.807) is 0 Å². The minimum atomic E-state index is -0.0231. The summed E-state index contributed by atoms with van der Waals surface area (Å²) in [5.74, 6) is 1.84. The lowest BCUT2D eigenvalue weighted by Gasteiger charge is -2.12. The molecule has 0 saturated heterocycles. The Labute approximate surface area is 116 Å². The predicted molar refractivity (Wildman–Crippen MR) is 75.0 cm³/mol. The van der Waals surface area contributed by atoms with Gasteiger partial charge in [0.05, 0.1) is 0 Å². The van der Waals surface area contributed by atoms with Crippen molar-refractivity contribution in [2.75, 3.05) is 0 Å². The third-order valence-corrected chi connectivity index (χ3v) is 4.27. The minimum Gasteiger partial charge on any atom is -0.482 e. The summed E-state index contributed by atoms with van der Waals surface area (Å²) in [6.07, 6.45) is 4.15. The average Bonchev–Trinajstić information content (AvgIpc) is 3.04. The number of ether oxygens (including phenoxy) is 1. The smallest absolute Gasteiger partial charge is 0.160 e. The van der Waals surface area contributed by atoms with Crippen LogP contribution in [0.1, 0.15) is 35.2 Å². The van der Waals surface area contributed by atoms with Crippen molar-refractivity contribution in [2.24, 2.45) is 0 Å². The number of hydrogen-bond acceptors (Lipinski definition) is 3. The zero-order valence-electron chi connectivity index (χ0n) is 10.5. The van der Waals surface area contributed by atoms with Crippen molar-refractivity contribution in [3.05, 3.63) is 51.6 Å². The van der Waals surface area contributed by atoms with Crippen molar-refractivity contribution in [1.29, 1.82) is 0 Å². The highest BCUT2D eigenvalue weighted by atomic mass is 32.1. The van der Waals surface area contributed by atoms with Gasteiger partial charge in [-0.2, -0.15) is 0 Å². The number of benzene rings is 1. The van der Waals surface area contributed by atoms with E-state index in [2.05, 4.69) is 16.0 Å². The number of fused-ring (bicyclic) bond motifs is 2. The Kier molecular flexibility index (Phi) is 2.45. The molecule has 0 radical (unpaired) electrons. The van der Waals surface area contributed by atoms with Crippen LogP contribution in [0, 0.1) is 4.64 Å². The van der Waals surface area contributed by atoms with E-state index in [0.717, 1.165) is 35.5 Å². The maximum absolute atomic E-state index is 5.97. The molecule has 1 unspecified atom stereocenters. The molecule has 3 nitrogen and oxygen atoms in total. The lowest BCUT2D eigenvalue weighted by molar-refractivity contribution is 0.227. The van der Waals surface area contributed by atoms with E-state index >= 15 is 0 Å². The van der Waals surface area contributed by atoms with Crippen LogP contribution in [-0.2, 0) is 19.3 Å². The maximum atomic E-state index is 5.97. The first-order valence-corrected chi connectivity index (χ1v) is 7.08. The molecule has 1 aliphatic carbocycles. The van der Waals surface area contributed by atoms with Crippen LogP contribution in [0.25, 0.3) is 0 Å². The predicted octanol–water partition coefficient (Wildman–Crippen LogP) is 3.30. The fraction of sp³-hybridized carbons (Fsp3) is 0.333. The van der Waals surface area contributed by atoms with Crippen LogP contribution in [0.5, 0.6) is 5.75 Å². The lowest BCUT2D eigenvalue weighted by Crippen LogP contribution is -2.10. The quantitative estimate of drug-likeness (QED) is 0.808. The molecule has 4 rings (SSSR count). The molecule has 0 spiro atoms. The Balaban J connectivity index is 1.72. The summed E-state index contributed by atoms with van der Waals surface area (Å²) in [5.41, 5.74) is 3.73. The highest BCUT2D eigenvalue weighted by Crippen LogP contribution is 2.35. The second kappa shape index (κ2) is 4.17. The van der Waals surface area contributed by atoms with Crippen molar-refractivity contribution in [3.63, 3.8) is 0 Å². The number of para-hydroxylation sites is 1. The van der Waals surface area contributed by atoms with Gasteiger partial charge < -0.3 is 9.72 Å². The van der Waals surface area contributed by atoms with Gasteiger partial charge in [0.25, 0.3) is 0 Å². The summed E-state index contributed by atoms with van der Waals surface area (Å²) >= 11 is 5.40. The second-order valence-electron chi connectivity index (χ2n) is 5.16. The van der Waals surface area contributed by atoms with E-state index in [-0.39, 0.29) is 6.10 Å². The Morgan fingerprint density at radius 2 is 2.16 bits per heavy atom. The maximum Gasteiger partial charge on any atom is 0.160 e. The van der Waals surface area contributed by atoms with Crippen LogP contribution in [0.3, 0.4) is 0 Å². The van der Waals surface area contributed by atoms with Crippen LogP contribution in [-0.4, -0.2) is 9.97 Å². The third kappa shape index (κ3) is 1.78. The molecule has 1 aliphatic heterocycles. The molecule has 1 atom stereocenters. The number of nitrogens with zero attached hydrogens (tertiary/aromatic N) is 1. The number of rotatable bonds is 1. The van der Waals surface area contributed by atoms with E-state index in [1.807, 2.05) is 18.2 Å². The average molecular weight is 270 g/mol. The molecular weight excluding hydrogens is 256 g/mol. The number of nitrogens with one attached hydrogen (secondary N) is 1. The van der Waals surface area contributed by atoms with Crippen molar-refractivity contribution in [2.45, 2.75) is 31.8 Å². The molecule has 4 heteroatoms. The summed E-state index contributed by atoms with van der Waals surface area (Å²) in [4.78, 5) is 7.98. The van der Waals surface area contributed by atoms with Crippen LogP contribution < -0.4 is 4.74 Å². The van der Waals surface area contributed by atoms with Crippen LogP contribution in [0.2, 0.25) is 0 Å². The molecular formula is C15H14N2OS. The van der Waals surface area contributed by atoms with E-state index in [1.165, 1.54) is 23.2 Å². The molecule has 0 fully saturated rings. The van der Waals surface area contributed by atoms with Crippen molar-refractivity contribution >= 4 is 12.2 Å². The van der Waals surface area contributed by atoms with E-state index < -0.39 is 0 Å². The Morgan fingerprint density at radius 3 is 3.05 bits per heavy atom. The largest absolute Gasteiger partial charge is 0.482 e. The monoisotopic (exact) mass is 270 g/mol. The van der Waals surface area contributed by atoms with E-state index in [4.69, 9.17) is 17.0 Å². The van der Waals surface area contributed by atoms with Gasteiger partial charge in [-0.15, -0.1) is 0 Å². The van der Waals surface area contributed by atoms with Gasteiger partial charge in [-0.25, -0.2) is 4.98 Å². The van der Waals surface area contributed by atoms with Crippen molar-refractivity contribution < 1.29 is 4.74 Å². The molecule has 1 aromatic heterocycles. The van der Waals surface area contributed by atoms with Gasteiger partial charge >= 0.3 is 0 Å². The topological polar surface area (TPSA) is 37.9 Å². The SMILES string of the molecule is S=c1nc(C2Cc3ccccc3O2)[nH]c2c1CCC2. The Morgan fingerprint density at radius 1 is 1.26 bits per heavy atom. The summed E-state index contributed by atoms with van der Waals surface area (Å²) in [5, 5.41) is 0. The number of aromatic nitrogens is 2. The summed E-state index contributed by atoms with van der Waals surface area (Å²) in [6, 6.07) is 8.16. The summed E-state index contributed by atoms with van der Waals surface area (Å²) < 4.78 is 6.72. The fourth-order valence-corrected chi connectivity index (χ4v) is 3.29. The molecule has 2 aliphatic rings. The summed E-state index contributed by atoms with van der Waals surface area (Å²) in [6.45, 7) is 0. The van der Waals surface area contributed by atoms with Crippen LogP contribution in [0.4, 0.5) is 0 Å². The van der Waals surface area contributed by atoms with Crippen molar-refractivity contribution in [1.82, 2.24) is 9.97 Å². The van der Waals surface area contributed by atoms with Gasteiger partial charge in [0.2, 0.25) is 0 Å². The highest BCUT2D eigenvalue weighted by molar-refractivity contribution is 7.71. The number of hydrogen-bond donors (Lipinski definition) is 1. The molecule has 2 heterocycles. The first-order chi connectivity index (χ1) is 9.31. The van der Waals surface area contributed by atoms with Gasteiger partial charge in [0, 0.05) is 17.7 Å². The normalized spacial score (nSPS) is 19.9. The molecule has 0 amide bonds. The van der Waals surface area contributed by atoms with Crippen LogP contribution >= 0.6 is 12.2 Å². The van der Waals surface area contributed by atoms with Crippen LogP contribution in [0.15, 0.2) is 24.3 Å². The Hall–Kier alpha value is -1.68. The third-order valence-electron chi connectivity index (χ3n) is 3.93. The molecule has 96 valence electrons. The fourth-order valence-electron chi connectivity index (χ4n) is 2.96. The van der Waals surface area contributed by atoms with Gasteiger partial charge in [-0.1, -0.05) is 30.4 Å². The molecule has 1 aromatic carbocycles. The molecule has 2 aromatic rings. The molecule has 0 bridgehead atoms. The Bertz CT molecular complexity index is 683. The van der Waals surface area contributed by atoms with Gasteiger partial charge in [0.1, 0.15) is 16.2 Å². The molecule has 1 N–H and O–H groups in total. The van der Waals surface area contributed by atoms with E-state index in [9.17, 15) is 0 Å². The first-order valence-electron chi connectivity index (χ1n) is 6.68. The van der Waals surface area contributed by atoms with Gasteiger partial charge in [-0.05, 0) is 30.9 Å². The zero-order valence-corrected chi connectivity index (χ0v) is 11.3. The second-order valence-corrected chi connectivity index (χ2v) is 5.54. The number of H-pyrrole nitrogens is 1. The first kappa shape index (κ1) is 11.2. The standard InChI is InChI=1S/C15H14N2OS/c19-15-10-5-3-6-11(10)16-14(17-15)13-8-9-4-1-2-7-12(9)18-13/h1-2,4,7,13H,3,5-6,8H2,(H,16,17,19). The number of aryl methyl sites for hydroxylation is 1. The van der Waals surface area contributed by atoms with Gasteiger partial charge in [-0.3, -0.25) is 0 Å². The zero-order chi connectivity index (χ0) is 12.8. The van der Waals surface area contributed by atoms with Crippen molar-refractivity contribution in [3.8, 4) is 5.75 Å². The lowest BCUT2D eigenvalue weighted by atomic mass is 10.1. The molecule has 19 heavy (non-hydrogen) atoms.